The van der Waals surface area contributed by atoms with Gasteiger partial charge in [-0.25, -0.2) is 4.79 Å². The molecule has 2 aromatic rings. The number of aryl methyl sites for hydroxylation is 1. The van der Waals surface area contributed by atoms with E-state index in [1.54, 1.807) is 13.2 Å². The number of hydrogen-bond acceptors (Lipinski definition) is 3. The monoisotopic (exact) mass is 190 g/mol. The fourth-order valence-corrected chi connectivity index (χ4v) is 1.43. The van der Waals surface area contributed by atoms with Crippen LogP contribution < -0.4 is 10.4 Å². The van der Waals surface area contributed by atoms with Gasteiger partial charge >= 0.3 is 5.63 Å². The molecule has 0 fully saturated rings. The van der Waals surface area contributed by atoms with Crippen molar-refractivity contribution in [3.05, 3.63) is 40.2 Å². The highest BCUT2D eigenvalue weighted by Gasteiger charge is 2.02. The molecule has 14 heavy (non-hydrogen) atoms. The number of rotatable bonds is 1. The van der Waals surface area contributed by atoms with Gasteiger partial charge in [0.25, 0.3) is 0 Å². The van der Waals surface area contributed by atoms with E-state index >= 15 is 0 Å². The largest absolute Gasteiger partial charge is 0.497 e. The Balaban J connectivity index is 2.82. The fraction of sp³-hybridized carbons (Fsp3) is 0.182. The molecule has 72 valence electrons. The van der Waals surface area contributed by atoms with Crippen molar-refractivity contribution in [2.24, 2.45) is 0 Å². The maximum Gasteiger partial charge on any atom is 0.336 e. The van der Waals surface area contributed by atoms with E-state index in [0.717, 1.165) is 10.9 Å². The molecule has 3 heteroatoms. The van der Waals surface area contributed by atoms with Gasteiger partial charge in [-0.1, -0.05) is 0 Å². The maximum absolute atomic E-state index is 11.1. The van der Waals surface area contributed by atoms with Crippen molar-refractivity contribution in [2.45, 2.75) is 6.92 Å². The molecule has 0 aliphatic carbocycles. The first-order valence-electron chi connectivity index (χ1n) is 4.29. The number of fused-ring (bicyclic) bond motifs is 1. The summed E-state index contributed by atoms with van der Waals surface area (Å²) in [6.45, 7) is 1.88. The second-order valence-corrected chi connectivity index (χ2v) is 3.11. The van der Waals surface area contributed by atoms with Gasteiger partial charge in [-0.05, 0) is 24.6 Å². The summed E-state index contributed by atoms with van der Waals surface area (Å²) in [7, 11) is 1.58. The quantitative estimate of drug-likeness (QED) is 0.646. The molecule has 2 rings (SSSR count). The summed E-state index contributed by atoms with van der Waals surface area (Å²) in [4.78, 5) is 11.1. The second-order valence-electron chi connectivity index (χ2n) is 3.11. The van der Waals surface area contributed by atoms with Crippen LogP contribution in [-0.4, -0.2) is 7.11 Å². The molecule has 0 saturated heterocycles. The van der Waals surface area contributed by atoms with Crippen LogP contribution in [0.15, 0.2) is 33.5 Å². The van der Waals surface area contributed by atoms with Crippen LogP contribution in [0.5, 0.6) is 5.75 Å². The first-order chi connectivity index (χ1) is 6.70. The Morgan fingerprint density at radius 1 is 1.29 bits per heavy atom. The molecule has 0 aliphatic heterocycles. The molecular formula is C11H10O3. The van der Waals surface area contributed by atoms with Gasteiger partial charge in [0.15, 0.2) is 0 Å². The van der Waals surface area contributed by atoms with Crippen molar-refractivity contribution >= 4 is 11.0 Å². The summed E-state index contributed by atoms with van der Waals surface area (Å²) in [5.41, 5.74) is 1.15. The van der Waals surface area contributed by atoms with Crippen LogP contribution in [0.4, 0.5) is 0 Å². The third-order valence-electron chi connectivity index (χ3n) is 2.16. The standard InChI is InChI=1S/C11H10O3/c1-7-5-11(12)14-10-6-8(13-2)3-4-9(7)10/h3-6H,1-2H3. The SMILES string of the molecule is COc1ccc2c(C)cc(=O)oc2c1. The lowest BCUT2D eigenvalue weighted by Gasteiger charge is -2.02. The molecule has 1 heterocycles. The summed E-state index contributed by atoms with van der Waals surface area (Å²) in [5, 5.41) is 0.936. The lowest BCUT2D eigenvalue weighted by atomic mass is 10.1. The zero-order chi connectivity index (χ0) is 10.1. The molecule has 0 radical (unpaired) electrons. The van der Waals surface area contributed by atoms with Crippen LogP contribution in [0.1, 0.15) is 5.56 Å². The third-order valence-corrected chi connectivity index (χ3v) is 2.16. The molecule has 0 unspecified atom stereocenters. The van der Waals surface area contributed by atoms with Gasteiger partial charge in [0.2, 0.25) is 0 Å². The Morgan fingerprint density at radius 2 is 2.07 bits per heavy atom. The highest BCUT2D eigenvalue weighted by molar-refractivity contribution is 5.81. The molecule has 1 aromatic carbocycles. The van der Waals surface area contributed by atoms with Crippen molar-refractivity contribution in [1.82, 2.24) is 0 Å². The first-order valence-corrected chi connectivity index (χ1v) is 4.29. The Kier molecular flexibility index (Phi) is 2.00. The van der Waals surface area contributed by atoms with Crippen molar-refractivity contribution in [1.29, 1.82) is 0 Å². The van der Waals surface area contributed by atoms with E-state index in [1.807, 2.05) is 19.1 Å². The average Bonchev–Trinajstić information content (AvgIpc) is 2.16. The Hall–Kier alpha value is -1.77. The van der Waals surface area contributed by atoms with Gasteiger partial charge in [-0.2, -0.15) is 0 Å². The topological polar surface area (TPSA) is 39.4 Å². The van der Waals surface area contributed by atoms with Crippen LogP contribution in [0, 0.1) is 6.92 Å². The number of hydrogen-bond donors (Lipinski definition) is 0. The van der Waals surface area contributed by atoms with Crippen LogP contribution in [0.25, 0.3) is 11.0 Å². The second kappa shape index (κ2) is 3.18. The molecule has 0 amide bonds. The van der Waals surface area contributed by atoms with E-state index in [9.17, 15) is 4.79 Å². The van der Waals surface area contributed by atoms with Crippen LogP contribution in [-0.2, 0) is 0 Å². The minimum absolute atomic E-state index is 0.330. The number of methoxy groups -OCH3 is 1. The van der Waals surface area contributed by atoms with Gasteiger partial charge in [0.05, 0.1) is 7.11 Å². The van der Waals surface area contributed by atoms with Gasteiger partial charge in [0, 0.05) is 17.5 Å². The Labute approximate surface area is 80.9 Å². The summed E-state index contributed by atoms with van der Waals surface area (Å²) < 4.78 is 10.1. The van der Waals surface area contributed by atoms with Crippen LogP contribution in [0.2, 0.25) is 0 Å². The van der Waals surface area contributed by atoms with Crippen molar-refractivity contribution in [2.75, 3.05) is 7.11 Å². The van der Waals surface area contributed by atoms with E-state index < -0.39 is 0 Å². The number of benzene rings is 1. The minimum Gasteiger partial charge on any atom is -0.497 e. The maximum atomic E-state index is 11.1. The van der Waals surface area contributed by atoms with Crippen molar-refractivity contribution < 1.29 is 9.15 Å². The summed E-state index contributed by atoms with van der Waals surface area (Å²) >= 11 is 0. The zero-order valence-corrected chi connectivity index (χ0v) is 8.03. The highest BCUT2D eigenvalue weighted by atomic mass is 16.5. The lowest BCUT2D eigenvalue weighted by Crippen LogP contribution is -1.97. The summed E-state index contributed by atoms with van der Waals surface area (Å²) in [6.07, 6.45) is 0. The molecule has 0 aliphatic rings. The van der Waals surface area contributed by atoms with Crippen molar-refractivity contribution in [3.63, 3.8) is 0 Å². The Morgan fingerprint density at radius 3 is 2.79 bits per heavy atom. The minimum atomic E-state index is -0.330. The predicted octanol–water partition coefficient (Wildman–Crippen LogP) is 2.11. The smallest absolute Gasteiger partial charge is 0.336 e. The molecule has 0 atom stereocenters. The molecule has 0 N–H and O–H groups in total. The van der Waals surface area contributed by atoms with Crippen LogP contribution in [0.3, 0.4) is 0 Å². The predicted molar refractivity (Wildman–Crippen MR) is 53.8 cm³/mol. The molecule has 0 spiro atoms. The number of ether oxygens (including phenoxy) is 1. The summed E-state index contributed by atoms with van der Waals surface area (Å²) in [5.74, 6) is 0.686. The van der Waals surface area contributed by atoms with Gasteiger partial charge in [-0.3, -0.25) is 0 Å². The normalized spacial score (nSPS) is 10.4. The molecular weight excluding hydrogens is 180 g/mol. The summed E-state index contributed by atoms with van der Waals surface area (Å²) in [6, 6.07) is 6.92. The lowest BCUT2D eigenvalue weighted by molar-refractivity contribution is 0.414. The third kappa shape index (κ3) is 1.37. The van der Waals surface area contributed by atoms with E-state index in [2.05, 4.69) is 0 Å². The fourth-order valence-electron chi connectivity index (χ4n) is 1.43. The van der Waals surface area contributed by atoms with E-state index in [1.165, 1.54) is 6.07 Å². The highest BCUT2D eigenvalue weighted by Crippen LogP contribution is 2.21. The molecule has 0 bridgehead atoms. The molecule has 3 nitrogen and oxygen atoms in total. The van der Waals surface area contributed by atoms with E-state index in [0.29, 0.717) is 11.3 Å². The molecule has 0 saturated carbocycles. The van der Waals surface area contributed by atoms with Gasteiger partial charge in [0.1, 0.15) is 11.3 Å². The Bertz CT molecular complexity index is 526. The van der Waals surface area contributed by atoms with E-state index in [4.69, 9.17) is 9.15 Å². The molecule has 1 aromatic heterocycles. The average molecular weight is 190 g/mol. The van der Waals surface area contributed by atoms with Crippen molar-refractivity contribution in [3.8, 4) is 5.75 Å². The van der Waals surface area contributed by atoms with Crippen LogP contribution >= 0.6 is 0 Å². The first kappa shape index (κ1) is 8.81. The zero-order valence-electron chi connectivity index (χ0n) is 8.03. The van der Waals surface area contributed by atoms with Gasteiger partial charge < -0.3 is 9.15 Å². The van der Waals surface area contributed by atoms with Gasteiger partial charge in [-0.15, -0.1) is 0 Å². The van der Waals surface area contributed by atoms with E-state index in [-0.39, 0.29) is 5.63 Å².